The highest BCUT2D eigenvalue weighted by Crippen LogP contribution is 2.48. The molecule has 0 aliphatic heterocycles. The lowest BCUT2D eigenvalue weighted by molar-refractivity contribution is 0.350. The first-order chi connectivity index (χ1) is 8.37. The smallest absolute Gasteiger partial charge is 0.0526 e. The van der Waals surface area contributed by atoms with Gasteiger partial charge >= 0.3 is 0 Å². The molecule has 0 heterocycles. The molecule has 3 heteroatoms. The quantitative estimate of drug-likeness (QED) is 0.871. The Morgan fingerprint density at radius 3 is 2.67 bits per heavy atom. The minimum Gasteiger partial charge on any atom is -0.378 e. The van der Waals surface area contributed by atoms with Crippen LogP contribution in [0.25, 0.3) is 0 Å². The van der Waals surface area contributed by atoms with E-state index in [4.69, 9.17) is 17.3 Å². The van der Waals surface area contributed by atoms with E-state index >= 15 is 0 Å². The Balaban J connectivity index is 2.24. The minimum atomic E-state index is -0.00577. The van der Waals surface area contributed by atoms with Gasteiger partial charge in [-0.1, -0.05) is 38.4 Å². The molecule has 100 valence electrons. The summed E-state index contributed by atoms with van der Waals surface area (Å²) in [6.45, 7) is 7.59. The van der Waals surface area contributed by atoms with E-state index in [1.165, 1.54) is 6.42 Å². The molecule has 1 saturated carbocycles. The molecule has 0 spiro atoms. The lowest BCUT2D eigenvalue weighted by Crippen LogP contribution is -2.48. The maximum Gasteiger partial charge on any atom is 0.0526 e. The number of halogens is 1. The molecule has 2 nitrogen and oxygen atoms in total. The Labute approximate surface area is 115 Å². The van der Waals surface area contributed by atoms with Gasteiger partial charge in [-0.25, -0.2) is 0 Å². The van der Waals surface area contributed by atoms with Crippen molar-refractivity contribution >= 4 is 17.3 Å². The van der Waals surface area contributed by atoms with Gasteiger partial charge < -0.3 is 11.1 Å². The van der Waals surface area contributed by atoms with Crippen LogP contribution in [0.4, 0.5) is 5.69 Å². The van der Waals surface area contributed by atoms with Crippen LogP contribution in [-0.4, -0.2) is 12.1 Å². The van der Waals surface area contributed by atoms with Crippen LogP contribution in [-0.2, 0) is 0 Å². The van der Waals surface area contributed by atoms with Crippen LogP contribution in [0.15, 0.2) is 24.3 Å². The van der Waals surface area contributed by atoms with Gasteiger partial charge in [0.15, 0.2) is 0 Å². The standard InChI is InChI=1S/C15H23ClN2/c1-11-8-14(2,3)9-15(11,10-17)18-13-6-4-5-12(16)7-13/h4-7,11,18H,8-10,17H2,1-3H3. The summed E-state index contributed by atoms with van der Waals surface area (Å²) in [5, 5.41) is 4.40. The zero-order chi connectivity index (χ0) is 13.4. The third-order valence-electron chi connectivity index (χ3n) is 4.18. The highest BCUT2D eigenvalue weighted by Gasteiger charge is 2.47. The van der Waals surface area contributed by atoms with E-state index in [9.17, 15) is 0 Å². The first-order valence-corrected chi connectivity index (χ1v) is 6.99. The lowest BCUT2D eigenvalue weighted by Gasteiger charge is -2.35. The molecule has 2 rings (SSSR count). The first kappa shape index (κ1) is 13.7. The van der Waals surface area contributed by atoms with Crippen LogP contribution in [0.3, 0.4) is 0 Å². The zero-order valence-electron chi connectivity index (χ0n) is 11.5. The van der Waals surface area contributed by atoms with E-state index in [0.717, 1.165) is 17.1 Å². The van der Waals surface area contributed by atoms with Gasteiger partial charge in [0, 0.05) is 17.3 Å². The summed E-state index contributed by atoms with van der Waals surface area (Å²) >= 11 is 6.04. The predicted octanol–water partition coefficient (Wildman–Crippen LogP) is 3.91. The fourth-order valence-corrected chi connectivity index (χ4v) is 3.66. The topological polar surface area (TPSA) is 38.0 Å². The molecule has 1 fully saturated rings. The van der Waals surface area contributed by atoms with Gasteiger partial charge in [0.05, 0.1) is 5.54 Å². The molecule has 1 aliphatic rings. The van der Waals surface area contributed by atoms with Crippen LogP contribution < -0.4 is 11.1 Å². The van der Waals surface area contributed by atoms with Crippen LogP contribution in [0.5, 0.6) is 0 Å². The molecule has 1 aliphatic carbocycles. The number of benzene rings is 1. The number of nitrogens with two attached hydrogens (primary N) is 1. The van der Waals surface area contributed by atoms with Gasteiger partial charge in [-0.3, -0.25) is 0 Å². The van der Waals surface area contributed by atoms with Crippen molar-refractivity contribution in [1.29, 1.82) is 0 Å². The number of anilines is 1. The third-order valence-corrected chi connectivity index (χ3v) is 4.41. The van der Waals surface area contributed by atoms with Crippen molar-refractivity contribution in [3.05, 3.63) is 29.3 Å². The van der Waals surface area contributed by atoms with Crippen LogP contribution >= 0.6 is 11.6 Å². The Morgan fingerprint density at radius 2 is 2.17 bits per heavy atom. The second-order valence-corrected chi connectivity index (χ2v) is 6.88. The molecular formula is C15H23ClN2. The average Bonchev–Trinajstić information content (AvgIpc) is 2.49. The number of rotatable bonds is 3. The summed E-state index contributed by atoms with van der Waals surface area (Å²) in [6, 6.07) is 7.89. The van der Waals surface area contributed by atoms with Crippen LogP contribution in [0.1, 0.15) is 33.6 Å². The molecule has 0 radical (unpaired) electrons. The maximum atomic E-state index is 6.07. The molecular weight excluding hydrogens is 244 g/mol. The molecule has 0 bridgehead atoms. The summed E-state index contributed by atoms with van der Waals surface area (Å²) in [4.78, 5) is 0. The fraction of sp³-hybridized carbons (Fsp3) is 0.600. The van der Waals surface area contributed by atoms with Crippen molar-refractivity contribution in [3.8, 4) is 0 Å². The minimum absolute atomic E-state index is 0.00577. The van der Waals surface area contributed by atoms with Gasteiger partial charge in [0.25, 0.3) is 0 Å². The summed E-state index contributed by atoms with van der Waals surface area (Å²) in [6.07, 6.45) is 2.31. The lowest BCUT2D eigenvalue weighted by atomic mass is 9.86. The molecule has 0 amide bonds. The molecule has 18 heavy (non-hydrogen) atoms. The highest BCUT2D eigenvalue weighted by molar-refractivity contribution is 6.30. The third kappa shape index (κ3) is 2.65. The van der Waals surface area contributed by atoms with Crippen molar-refractivity contribution in [2.45, 2.75) is 39.2 Å². The van der Waals surface area contributed by atoms with Gasteiger partial charge in [0.2, 0.25) is 0 Å². The average molecular weight is 267 g/mol. The normalized spacial score (nSPS) is 30.4. The van der Waals surface area contributed by atoms with Crippen molar-refractivity contribution in [3.63, 3.8) is 0 Å². The van der Waals surface area contributed by atoms with E-state index in [1.54, 1.807) is 0 Å². The Hall–Kier alpha value is -0.730. The van der Waals surface area contributed by atoms with Crippen molar-refractivity contribution in [1.82, 2.24) is 0 Å². The number of hydrogen-bond acceptors (Lipinski definition) is 2. The highest BCUT2D eigenvalue weighted by atomic mass is 35.5. The molecule has 0 saturated heterocycles. The largest absolute Gasteiger partial charge is 0.378 e. The van der Waals surface area contributed by atoms with Gasteiger partial charge in [-0.05, 0) is 42.4 Å². The van der Waals surface area contributed by atoms with Gasteiger partial charge in [0.1, 0.15) is 0 Å². The van der Waals surface area contributed by atoms with Gasteiger partial charge in [-0.2, -0.15) is 0 Å². The molecule has 0 aromatic heterocycles. The van der Waals surface area contributed by atoms with Crippen LogP contribution in [0.2, 0.25) is 5.02 Å². The van der Waals surface area contributed by atoms with E-state index in [-0.39, 0.29) is 5.54 Å². The fourth-order valence-electron chi connectivity index (χ4n) is 3.47. The van der Waals surface area contributed by atoms with Crippen molar-refractivity contribution in [2.75, 3.05) is 11.9 Å². The molecule has 2 unspecified atom stereocenters. The number of nitrogens with one attached hydrogen (secondary N) is 1. The Bertz CT molecular complexity index is 430. The second kappa shape index (κ2) is 4.75. The van der Waals surface area contributed by atoms with Crippen LogP contribution in [0, 0.1) is 11.3 Å². The van der Waals surface area contributed by atoms with E-state index in [0.29, 0.717) is 17.9 Å². The maximum absolute atomic E-state index is 6.07. The second-order valence-electron chi connectivity index (χ2n) is 6.44. The monoisotopic (exact) mass is 266 g/mol. The van der Waals surface area contributed by atoms with E-state index < -0.39 is 0 Å². The van der Waals surface area contributed by atoms with E-state index in [2.05, 4.69) is 32.2 Å². The van der Waals surface area contributed by atoms with Crippen molar-refractivity contribution < 1.29 is 0 Å². The molecule has 2 atom stereocenters. The van der Waals surface area contributed by atoms with E-state index in [1.807, 2.05) is 18.2 Å². The van der Waals surface area contributed by atoms with Gasteiger partial charge in [-0.15, -0.1) is 0 Å². The first-order valence-electron chi connectivity index (χ1n) is 6.61. The summed E-state index contributed by atoms with van der Waals surface area (Å²) in [7, 11) is 0. The summed E-state index contributed by atoms with van der Waals surface area (Å²) < 4.78 is 0. The number of hydrogen-bond donors (Lipinski definition) is 2. The van der Waals surface area contributed by atoms with Crippen molar-refractivity contribution in [2.24, 2.45) is 17.1 Å². The molecule has 3 N–H and O–H groups in total. The predicted molar refractivity (Wildman–Crippen MR) is 79.0 cm³/mol. The SMILES string of the molecule is CC1CC(C)(C)CC1(CN)Nc1cccc(Cl)c1. The Morgan fingerprint density at radius 1 is 1.44 bits per heavy atom. The summed E-state index contributed by atoms with van der Waals surface area (Å²) in [5.41, 5.74) is 7.48. The Kier molecular flexibility index (Phi) is 3.61. The molecule has 1 aromatic rings. The molecule has 1 aromatic carbocycles. The zero-order valence-corrected chi connectivity index (χ0v) is 12.2. The summed E-state index contributed by atoms with van der Waals surface area (Å²) in [5.74, 6) is 0.566.